The first kappa shape index (κ1) is 14.1. The van der Waals surface area contributed by atoms with E-state index in [1.54, 1.807) is 0 Å². The second kappa shape index (κ2) is 4.35. The molecule has 0 amide bonds. The Morgan fingerprint density at radius 1 is 1.44 bits per heavy atom. The Kier molecular flexibility index (Phi) is 3.40. The van der Waals surface area contributed by atoms with Crippen molar-refractivity contribution in [3.05, 3.63) is 12.2 Å². The number of aliphatic hydroxyl groups is 1. The van der Waals surface area contributed by atoms with Gasteiger partial charge in [0, 0.05) is 11.3 Å². The summed E-state index contributed by atoms with van der Waals surface area (Å²) in [5.74, 6) is 1.62. The summed E-state index contributed by atoms with van der Waals surface area (Å²) in [7, 11) is 0. The number of ether oxygens (including phenoxy) is 1. The predicted molar refractivity (Wildman–Crippen MR) is 74.3 cm³/mol. The number of rotatable bonds is 5. The van der Waals surface area contributed by atoms with Gasteiger partial charge in [-0.1, -0.05) is 47.6 Å². The summed E-state index contributed by atoms with van der Waals surface area (Å²) in [5, 5.41) is 9.31. The van der Waals surface area contributed by atoms with Crippen LogP contribution in [0.15, 0.2) is 12.2 Å². The molecular formula is C16H28O2. The van der Waals surface area contributed by atoms with Crippen molar-refractivity contribution in [2.24, 2.45) is 23.2 Å². The minimum Gasteiger partial charge on any atom is -0.392 e. The van der Waals surface area contributed by atoms with E-state index in [2.05, 4.69) is 41.2 Å². The first-order valence-corrected chi connectivity index (χ1v) is 7.30. The highest BCUT2D eigenvalue weighted by molar-refractivity contribution is 5.26. The van der Waals surface area contributed by atoms with Crippen molar-refractivity contribution in [1.82, 2.24) is 0 Å². The molecule has 0 bridgehead atoms. The van der Waals surface area contributed by atoms with E-state index in [1.165, 1.54) is 6.42 Å². The monoisotopic (exact) mass is 252 g/mol. The summed E-state index contributed by atoms with van der Waals surface area (Å²) in [6, 6.07) is 0. The third kappa shape index (κ3) is 1.61. The van der Waals surface area contributed by atoms with Crippen molar-refractivity contribution >= 4 is 0 Å². The lowest BCUT2D eigenvalue weighted by Gasteiger charge is -2.36. The van der Waals surface area contributed by atoms with E-state index in [1.807, 2.05) is 0 Å². The highest BCUT2D eigenvalue weighted by atomic mass is 16.6. The molecule has 0 aromatic carbocycles. The zero-order valence-electron chi connectivity index (χ0n) is 12.5. The average molecular weight is 252 g/mol. The Balaban J connectivity index is 2.25. The molecule has 1 saturated heterocycles. The maximum Gasteiger partial charge on any atom is 0.102 e. The third-order valence-corrected chi connectivity index (χ3v) is 6.02. The van der Waals surface area contributed by atoms with Crippen LogP contribution in [0.3, 0.4) is 0 Å². The van der Waals surface area contributed by atoms with E-state index in [-0.39, 0.29) is 23.5 Å². The molecule has 2 heteroatoms. The van der Waals surface area contributed by atoms with Gasteiger partial charge in [-0.15, -0.1) is 0 Å². The minimum absolute atomic E-state index is 0.0283. The van der Waals surface area contributed by atoms with Gasteiger partial charge in [0.1, 0.15) is 5.60 Å². The smallest absolute Gasteiger partial charge is 0.102 e. The van der Waals surface area contributed by atoms with Crippen molar-refractivity contribution in [3.8, 4) is 0 Å². The summed E-state index contributed by atoms with van der Waals surface area (Å²) in [6.07, 6.45) is 2.70. The van der Waals surface area contributed by atoms with Crippen molar-refractivity contribution in [2.45, 2.75) is 59.2 Å². The average Bonchev–Trinajstić information content (AvgIpc) is 3.03. The summed E-state index contributed by atoms with van der Waals surface area (Å²) in [6.45, 7) is 15.5. The molecule has 1 aliphatic heterocycles. The Morgan fingerprint density at radius 2 is 2.06 bits per heavy atom. The number of fused-ring (bicyclic) bond motifs is 1. The zero-order chi connectivity index (χ0) is 13.7. The maximum atomic E-state index is 9.31. The normalized spacial score (nSPS) is 43.9. The molecule has 1 heterocycles. The predicted octanol–water partition coefficient (Wildman–Crippen LogP) is 3.40. The van der Waals surface area contributed by atoms with Gasteiger partial charge in [0.15, 0.2) is 0 Å². The van der Waals surface area contributed by atoms with Crippen LogP contribution in [0.25, 0.3) is 0 Å². The van der Waals surface area contributed by atoms with Crippen LogP contribution in [0, 0.1) is 23.2 Å². The molecule has 2 aliphatic rings. The molecule has 5 atom stereocenters. The van der Waals surface area contributed by atoms with Crippen LogP contribution in [0.2, 0.25) is 0 Å². The van der Waals surface area contributed by atoms with Gasteiger partial charge in [-0.05, 0) is 23.8 Å². The molecule has 1 N–H and O–H groups in total. The number of hydrogen-bond donors (Lipinski definition) is 1. The van der Waals surface area contributed by atoms with Crippen LogP contribution >= 0.6 is 0 Å². The summed E-state index contributed by atoms with van der Waals surface area (Å²) in [5.41, 5.74) is 1.17. The second-order valence-electron chi connectivity index (χ2n) is 6.82. The van der Waals surface area contributed by atoms with Gasteiger partial charge in [-0.25, -0.2) is 0 Å². The van der Waals surface area contributed by atoms with Crippen molar-refractivity contribution < 1.29 is 9.84 Å². The van der Waals surface area contributed by atoms with Crippen molar-refractivity contribution in [1.29, 1.82) is 0 Å². The molecule has 0 radical (unpaired) electrons. The van der Waals surface area contributed by atoms with Gasteiger partial charge in [0.2, 0.25) is 0 Å². The Hall–Kier alpha value is -0.340. The Bertz CT molecular complexity index is 349. The molecule has 2 fully saturated rings. The van der Waals surface area contributed by atoms with Crippen LogP contribution in [0.4, 0.5) is 0 Å². The van der Waals surface area contributed by atoms with Crippen LogP contribution in [-0.2, 0) is 4.74 Å². The maximum absolute atomic E-state index is 9.31. The fourth-order valence-electron chi connectivity index (χ4n) is 4.16. The molecule has 5 unspecified atom stereocenters. The van der Waals surface area contributed by atoms with Crippen LogP contribution < -0.4 is 0 Å². The fraction of sp³-hybridized carbons (Fsp3) is 0.875. The molecule has 1 saturated carbocycles. The topological polar surface area (TPSA) is 32.8 Å². The molecule has 0 spiro atoms. The first-order valence-electron chi connectivity index (χ1n) is 7.30. The SMILES string of the molecule is C=C(CO)C(C)C12CC(CC)C(C)(C(C)C)C1O2. The van der Waals surface area contributed by atoms with Gasteiger partial charge in [0.25, 0.3) is 0 Å². The summed E-state index contributed by atoms with van der Waals surface area (Å²) < 4.78 is 6.16. The lowest BCUT2D eigenvalue weighted by Crippen LogP contribution is -2.34. The second-order valence-corrected chi connectivity index (χ2v) is 6.82. The minimum atomic E-state index is -0.0283. The van der Waals surface area contributed by atoms with Gasteiger partial charge < -0.3 is 9.84 Å². The van der Waals surface area contributed by atoms with Gasteiger partial charge in [0.05, 0.1) is 12.7 Å². The largest absolute Gasteiger partial charge is 0.392 e. The number of hydrogen-bond acceptors (Lipinski definition) is 2. The van der Waals surface area contributed by atoms with Gasteiger partial charge in [-0.3, -0.25) is 0 Å². The summed E-state index contributed by atoms with van der Waals surface area (Å²) in [4.78, 5) is 0. The first-order chi connectivity index (χ1) is 8.34. The quantitative estimate of drug-likeness (QED) is 0.601. The van der Waals surface area contributed by atoms with E-state index in [9.17, 15) is 5.11 Å². The Labute approximate surface area is 111 Å². The van der Waals surface area contributed by atoms with Gasteiger partial charge in [-0.2, -0.15) is 0 Å². The third-order valence-electron chi connectivity index (χ3n) is 6.02. The van der Waals surface area contributed by atoms with Crippen molar-refractivity contribution in [2.75, 3.05) is 6.61 Å². The number of aliphatic hydroxyl groups excluding tert-OH is 1. The molecule has 0 aromatic heterocycles. The van der Waals surface area contributed by atoms with Gasteiger partial charge >= 0.3 is 0 Å². The number of epoxide rings is 1. The lowest BCUT2D eigenvalue weighted by molar-refractivity contribution is 0.0436. The van der Waals surface area contributed by atoms with Crippen molar-refractivity contribution in [3.63, 3.8) is 0 Å². The highest BCUT2D eigenvalue weighted by Crippen LogP contribution is 2.68. The van der Waals surface area contributed by atoms with Crippen LogP contribution in [0.5, 0.6) is 0 Å². The van der Waals surface area contributed by atoms with E-state index in [4.69, 9.17) is 4.74 Å². The van der Waals surface area contributed by atoms with E-state index < -0.39 is 0 Å². The highest BCUT2D eigenvalue weighted by Gasteiger charge is 2.74. The molecule has 0 aromatic rings. The van der Waals surface area contributed by atoms with E-state index in [0.29, 0.717) is 12.0 Å². The van der Waals surface area contributed by atoms with Crippen LogP contribution in [-0.4, -0.2) is 23.4 Å². The Morgan fingerprint density at radius 3 is 2.44 bits per heavy atom. The molecule has 104 valence electrons. The molecule has 1 aliphatic carbocycles. The zero-order valence-corrected chi connectivity index (χ0v) is 12.5. The molecular weight excluding hydrogens is 224 g/mol. The summed E-state index contributed by atoms with van der Waals surface area (Å²) >= 11 is 0. The van der Waals surface area contributed by atoms with E-state index >= 15 is 0 Å². The molecule has 2 rings (SSSR count). The van der Waals surface area contributed by atoms with E-state index in [0.717, 1.165) is 17.9 Å². The molecule has 18 heavy (non-hydrogen) atoms. The molecule has 2 nitrogen and oxygen atoms in total. The standard InChI is InChI=1S/C16H28O2/c1-7-13-8-16(12(5)11(4)9-17)14(18-16)15(13,6)10(2)3/h10,12-14,17H,4,7-9H2,1-3,5-6H3. The fourth-order valence-corrected chi connectivity index (χ4v) is 4.16. The lowest BCUT2D eigenvalue weighted by atomic mass is 9.69. The van der Waals surface area contributed by atoms with Crippen LogP contribution in [0.1, 0.15) is 47.5 Å².